The minimum absolute atomic E-state index is 0.0474. The highest BCUT2D eigenvalue weighted by Crippen LogP contribution is 2.27. The van der Waals surface area contributed by atoms with Crippen LogP contribution in [0.3, 0.4) is 0 Å². The van der Waals surface area contributed by atoms with E-state index in [1.165, 1.54) is 6.07 Å². The second-order valence-electron chi connectivity index (χ2n) is 5.44. The van der Waals surface area contributed by atoms with Crippen LogP contribution in [0.15, 0.2) is 36.4 Å². The fourth-order valence-corrected chi connectivity index (χ4v) is 2.78. The molecule has 128 valence electrons. The van der Waals surface area contributed by atoms with Crippen molar-refractivity contribution in [2.45, 2.75) is 6.42 Å². The van der Waals surface area contributed by atoms with Gasteiger partial charge in [0.25, 0.3) is 5.91 Å². The number of nitrogens with one attached hydrogen (secondary N) is 1. The second-order valence-corrected chi connectivity index (χ2v) is 5.84. The Morgan fingerprint density at radius 3 is 2.76 bits per heavy atom. The third-order valence-electron chi connectivity index (χ3n) is 3.70. The molecular weight excluding hydrogens is 349 g/mol. The van der Waals surface area contributed by atoms with Crippen molar-refractivity contribution in [3.63, 3.8) is 0 Å². The van der Waals surface area contributed by atoms with Crippen LogP contribution < -0.4 is 5.32 Å². The second kappa shape index (κ2) is 6.52. The number of hydrogen-bond donors (Lipinski definition) is 2. The number of rotatable bonds is 4. The molecule has 2 aromatic carbocycles. The molecule has 3 rings (SSSR count). The Balaban J connectivity index is 1.93. The van der Waals surface area contributed by atoms with Gasteiger partial charge in [-0.1, -0.05) is 29.8 Å². The SMILES string of the molecule is Cn1nc(C(=O)Nc2cc(F)c(CC(=O)O)cc2Cl)c2ccccc21. The average molecular weight is 362 g/mol. The lowest BCUT2D eigenvalue weighted by atomic mass is 10.1. The smallest absolute Gasteiger partial charge is 0.307 e. The molecule has 0 saturated heterocycles. The first-order chi connectivity index (χ1) is 11.9. The summed E-state index contributed by atoms with van der Waals surface area (Å²) in [6.07, 6.45) is -0.495. The first kappa shape index (κ1) is 16.9. The van der Waals surface area contributed by atoms with Crippen LogP contribution in [0.4, 0.5) is 10.1 Å². The number of para-hydroxylation sites is 1. The van der Waals surface area contributed by atoms with E-state index in [4.69, 9.17) is 16.7 Å². The van der Waals surface area contributed by atoms with Gasteiger partial charge in [-0.25, -0.2) is 4.39 Å². The molecule has 1 amide bonds. The zero-order valence-electron chi connectivity index (χ0n) is 13.1. The van der Waals surface area contributed by atoms with Gasteiger partial charge < -0.3 is 10.4 Å². The summed E-state index contributed by atoms with van der Waals surface area (Å²) in [5.41, 5.74) is 0.956. The largest absolute Gasteiger partial charge is 0.481 e. The van der Waals surface area contributed by atoms with Crippen LogP contribution in [0.5, 0.6) is 0 Å². The van der Waals surface area contributed by atoms with Gasteiger partial charge >= 0.3 is 5.97 Å². The summed E-state index contributed by atoms with van der Waals surface area (Å²) >= 11 is 6.04. The van der Waals surface area contributed by atoms with Crippen LogP contribution in [0.25, 0.3) is 10.9 Å². The van der Waals surface area contributed by atoms with Gasteiger partial charge in [0.2, 0.25) is 0 Å². The van der Waals surface area contributed by atoms with Gasteiger partial charge in [-0.05, 0) is 18.2 Å². The molecule has 0 spiro atoms. The van der Waals surface area contributed by atoms with Crippen molar-refractivity contribution < 1.29 is 19.1 Å². The van der Waals surface area contributed by atoms with Crippen molar-refractivity contribution in [2.75, 3.05) is 5.32 Å². The Labute approximate surface area is 146 Å². The highest BCUT2D eigenvalue weighted by atomic mass is 35.5. The normalized spacial score (nSPS) is 10.8. The van der Waals surface area contributed by atoms with Crippen LogP contribution in [0, 0.1) is 5.82 Å². The molecule has 0 bridgehead atoms. The zero-order valence-corrected chi connectivity index (χ0v) is 13.8. The van der Waals surface area contributed by atoms with Crippen molar-refractivity contribution in [1.82, 2.24) is 9.78 Å². The summed E-state index contributed by atoms with van der Waals surface area (Å²) in [6.45, 7) is 0. The molecule has 2 N–H and O–H groups in total. The highest BCUT2D eigenvalue weighted by molar-refractivity contribution is 6.34. The highest BCUT2D eigenvalue weighted by Gasteiger charge is 2.18. The van der Waals surface area contributed by atoms with Crippen molar-refractivity contribution in [3.05, 3.63) is 58.5 Å². The minimum Gasteiger partial charge on any atom is -0.481 e. The number of amides is 1. The number of carbonyl (C=O) groups is 2. The third kappa shape index (κ3) is 3.32. The van der Waals surface area contributed by atoms with Crippen LogP contribution in [-0.2, 0) is 18.3 Å². The van der Waals surface area contributed by atoms with E-state index >= 15 is 0 Å². The van der Waals surface area contributed by atoms with Gasteiger partial charge in [-0.3, -0.25) is 14.3 Å². The van der Waals surface area contributed by atoms with E-state index in [2.05, 4.69) is 10.4 Å². The number of carboxylic acids is 1. The molecule has 1 aromatic heterocycles. The van der Waals surface area contributed by atoms with E-state index in [0.29, 0.717) is 5.39 Å². The van der Waals surface area contributed by atoms with Crippen molar-refractivity contribution in [1.29, 1.82) is 0 Å². The molecule has 0 radical (unpaired) electrons. The molecule has 0 saturated carbocycles. The lowest BCUT2D eigenvalue weighted by Gasteiger charge is -2.09. The summed E-state index contributed by atoms with van der Waals surface area (Å²) in [5, 5.41) is 16.2. The number of halogens is 2. The average Bonchev–Trinajstić information content (AvgIpc) is 2.89. The number of nitrogens with zero attached hydrogens (tertiary/aromatic N) is 2. The van der Waals surface area contributed by atoms with Gasteiger partial charge in [0.1, 0.15) is 5.82 Å². The summed E-state index contributed by atoms with van der Waals surface area (Å²) < 4.78 is 15.6. The van der Waals surface area contributed by atoms with E-state index in [0.717, 1.165) is 11.6 Å². The van der Waals surface area contributed by atoms with Crippen molar-refractivity contribution in [3.8, 4) is 0 Å². The van der Waals surface area contributed by atoms with E-state index in [9.17, 15) is 14.0 Å². The number of aryl methyl sites for hydroxylation is 1. The molecule has 0 fully saturated rings. The van der Waals surface area contributed by atoms with Gasteiger partial charge in [-0.15, -0.1) is 0 Å². The van der Waals surface area contributed by atoms with E-state index < -0.39 is 24.1 Å². The predicted octanol–water partition coefficient (Wildman–Crippen LogP) is 3.25. The molecule has 3 aromatic rings. The van der Waals surface area contributed by atoms with Crippen LogP contribution in [0.2, 0.25) is 5.02 Å². The maximum absolute atomic E-state index is 14.0. The van der Waals surface area contributed by atoms with Gasteiger partial charge in [-0.2, -0.15) is 5.10 Å². The Hall–Kier alpha value is -2.93. The maximum atomic E-state index is 14.0. The molecule has 0 aliphatic carbocycles. The standard InChI is InChI=1S/C17H13ClFN3O3/c1-22-14-5-3-2-4-10(14)16(21-22)17(25)20-13-8-12(19)9(6-11(13)18)7-15(23)24/h2-6,8H,7H2,1H3,(H,20,25)(H,23,24). The monoisotopic (exact) mass is 361 g/mol. The number of benzene rings is 2. The number of carbonyl (C=O) groups excluding carboxylic acids is 1. The zero-order chi connectivity index (χ0) is 18.1. The lowest BCUT2D eigenvalue weighted by molar-refractivity contribution is -0.136. The van der Waals surface area contributed by atoms with Crippen molar-refractivity contribution in [2.24, 2.45) is 7.05 Å². The summed E-state index contributed by atoms with van der Waals surface area (Å²) in [5.74, 6) is -2.47. The molecular formula is C17H13ClFN3O3. The maximum Gasteiger partial charge on any atom is 0.307 e. The Morgan fingerprint density at radius 2 is 2.04 bits per heavy atom. The Morgan fingerprint density at radius 1 is 1.32 bits per heavy atom. The predicted molar refractivity (Wildman–Crippen MR) is 91.4 cm³/mol. The Kier molecular flexibility index (Phi) is 4.41. The fourth-order valence-electron chi connectivity index (χ4n) is 2.55. The number of fused-ring (bicyclic) bond motifs is 1. The summed E-state index contributed by atoms with van der Waals surface area (Å²) in [6, 6.07) is 9.40. The topological polar surface area (TPSA) is 84.2 Å². The molecule has 6 nitrogen and oxygen atoms in total. The Bertz CT molecular complexity index is 1000. The number of aliphatic carboxylic acids is 1. The molecule has 25 heavy (non-hydrogen) atoms. The first-order valence-electron chi connectivity index (χ1n) is 7.29. The molecule has 0 atom stereocenters. The first-order valence-corrected chi connectivity index (χ1v) is 7.67. The molecule has 0 aliphatic rings. The molecule has 1 heterocycles. The lowest BCUT2D eigenvalue weighted by Crippen LogP contribution is -2.14. The summed E-state index contributed by atoms with van der Waals surface area (Å²) in [7, 11) is 1.71. The quantitative estimate of drug-likeness (QED) is 0.747. The number of aromatic nitrogens is 2. The van der Waals surface area contributed by atoms with Gasteiger partial charge in [0.05, 0.1) is 22.6 Å². The van der Waals surface area contributed by atoms with Gasteiger partial charge in [0.15, 0.2) is 5.69 Å². The molecule has 0 unspecified atom stereocenters. The summed E-state index contributed by atoms with van der Waals surface area (Å²) in [4.78, 5) is 23.2. The van der Waals surface area contributed by atoms with Gasteiger partial charge in [0, 0.05) is 18.0 Å². The van der Waals surface area contributed by atoms with Crippen molar-refractivity contribution >= 4 is 40.1 Å². The van der Waals surface area contributed by atoms with E-state index in [1.54, 1.807) is 23.9 Å². The third-order valence-corrected chi connectivity index (χ3v) is 4.01. The van der Waals surface area contributed by atoms with E-state index in [-0.39, 0.29) is 22.0 Å². The fraction of sp³-hybridized carbons (Fsp3) is 0.118. The number of hydrogen-bond acceptors (Lipinski definition) is 3. The van der Waals surface area contributed by atoms with Crippen LogP contribution in [0.1, 0.15) is 16.1 Å². The van der Waals surface area contributed by atoms with Crippen LogP contribution in [-0.4, -0.2) is 26.8 Å². The minimum atomic E-state index is -1.17. The number of anilines is 1. The van der Waals surface area contributed by atoms with Crippen LogP contribution >= 0.6 is 11.6 Å². The van der Waals surface area contributed by atoms with E-state index in [1.807, 2.05) is 12.1 Å². The molecule has 8 heteroatoms. The number of carboxylic acid groups (broad SMARTS) is 1. The molecule has 0 aliphatic heterocycles.